The van der Waals surface area contributed by atoms with Gasteiger partial charge in [0.1, 0.15) is 11.6 Å². The summed E-state index contributed by atoms with van der Waals surface area (Å²) in [6, 6.07) is 1.66. The van der Waals surface area contributed by atoms with Gasteiger partial charge in [0, 0.05) is 12.1 Å². The van der Waals surface area contributed by atoms with Gasteiger partial charge in [0.2, 0.25) is 0 Å². The van der Waals surface area contributed by atoms with Crippen molar-refractivity contribution in [3.8, 4) is 0 Å². The Morgan fingerprint density at radius 1 is 1.28 bits per heavy atom. The number of carbonyl (C=O) groups excluding carboxylic acids is 1. The Morgan fingerprint density at radius 3 is 2.61 bits per heavy atom. The summed E-state index contributed by atoms with van der Waals surface area (Å²) >= 11 is 0. The van der Waals surface area contributed by atoms with Gasteiger partial charge in [-0.05, 0) is 32.0 Å². The summed E-state index contributed by atoms with van der Waals surface area (Å²) in [5.74, 6) is -2.19. The van der Waals surface area contributed by atoms with Crippen LogP contribution in [0.1, 0.15) is 23.2 Å². The van der Waals surface area contributed by atoms with E-state index >= 15 is 0 Å². The number of anilines is 1. The normalized spacial score (nSPS) is 16.6. The van der Waals surface area contributed by atoms with Gasteiger partial charge in [-0.25, -0.2) is 8.78 Å². The summed E-state index contributed by atoms with van der Waals surface area (Å²) in [5.41, 5.74) is 4.61. The number of carbonyl (C=O) groups is 1. The second kappa shape index (κ2) is 5.30. The molecule has 1 heterocycles. The third-order valence-corrected chi connectivity index (χ3v) is 3.01. The second-order valence-corrected chi connectivity index (χ2v) is 4.35. The molecule has 1 aliphatic rings. The van der Waals surface area contributed by atoms with E-state index in [1.807, 2.05) is 0 Å². The van der Waals surface area contributed by atoms with E-state index in [4.69, 9.17) is 5.73 Å². The Morgan fingerprint density at radius 2 is 1.94 bits per heavy atom. The zero-order valence-electron chi connectivity index (χ0n) is 9.80. The number of rotatable bonds is 2. The maximum atomic E-state index is 13.5. The largest absolute Gasteiger partial charge is 0.396 e. The van der Waals surface area contributed by atoms with Gasteiger partial charge in [-0.2, -0.15) is 0 Å². The number of nitrogens with one attached hydrogen (secondary N) is 2. The van der Waals surface area contributed by atoms with Gasteiger partial charge in [0.25, 0.3) is 5.91 Å². The summed E-state index contributed by atoms with van der Waals surface area (Å²) in [7, 11) is 0. The first-order valence-electron chi connectivity index (χ1n) is 5.84. The molecular weight excluding hydrogens is 240 g/mol. The van der Waals surface area contributed by atoms with Crippen LogP contribution in [0.25, 0.3) is 0 Å². The molecule has 6 heteroatoms. The van der Waals surface area contributed by atoms with Gasteiger partial charge in [0.05, 0.1) is 11.3 Å². The Kier molecular flexibility index (Phi) is 3.76. The number of nitrogens with two attached hydrogens (primary N) is 1. The molecule has 0 aliphatic carbocycles. The molecule has 0 aromatic heterocycles. The Bertz CT molecular complexity index is 459. The molecule has 1 aromatic rings. The molecule has 0 bridgehead atoms. The van der Waals surface area contributed by atoms with Crippen LogP contribution in [0.5, 0.6) is 0 Å². The van der Waals surface area contributed by atoms with E-state index in [2.05, 4.69) is 10.6 Å². The number of halogens is 2. The minimum absolute atomic E-state index is 0.00114. The molecule has 0 radical (unpaired) electrons. The summed E-state index contributed by atoms with van der Waals surface area (Å²) < 4.78 is 26.7. The molecule has 18 heavy (non-hydrogen) atoms. The van der Waals surface area contributed by atoms with Gasteiger partial charge in [-0.3, -0.25) is 4.79 Å². The lowest BCUT2D eigenvalue weighted by molar-refractivity contribution is 0.0925. The van der Waals surface area contributed by atoms with Crippen molar-refractivity contribution in [2.24, 2.45) is 0 Å². The van der Waals surface area contributed by atoms with Crippen molar-refractivity contribution < 1.29 is 13.6 Å². The minimum atomic E-state index is -0.805. The van der Waals surface area contributed by atoms with E-state index in [0.717, 1.165) is 38.1 Å². The first kappa shape index (κ1) is 12.8. The molecule has 1 saturated heterocycles. The van der Waals surface area contributed by atoms with Gasteiger partial charge in [-0.1, -0.05) is 0 Å². The van der Waals surface area contributed by atoms with E-state index in [1.54, 1.807) is 0 Å². The van der Waals surface area contributed by atoms with Crippen molar-refractivity contribution in [2.45, 2.75) is 18.9 Å². The van der Waals surface area contributed by atoms with E-state index in [9.17, 15) is 13.6 Å². The minimum Gasteiger partial charge on any atom is -0.396 e. The summed E-state index contributed by atoms with van der Waals surface area (Å²) in [6.45, 7) is 1.62. The summed E-state index contributed by atoms with van der Waals surface area (Å²) in [5, 5.41) is 5.85. The lowest BCUT2D eigenvalue weighted by Crippen LogP contribution is -2.43. The second-order valence-electron chi connectivity index (χ2n) is 4.35. The van der Waals surface area contributed by atoms with Crippen molar-refractivity contribution in [1.29, 1.82) is 0 Å². The fraction of sp³-hybridized carbons (Fsp3) is 0.417. The summed E-state index contributed by atoms with van der Waals surface area (Å²) in [6.07, 6.45) is 1.57. The molecule has 1 fully saturated rings. The molecule has 4 nitrogen and oxygen atoms in total. The molecule has 0 spiro atoms. The van der Waals surface area contributed by atoms with Crippen molar-refractivity contribution in [3.63, 3.8) is 0 Å². The van der Waals surface area contributed by atoms with Crippen LogP contribution in [-0.2, 0) is 0 Å². The maximum absolute atomic E-state index is 13.5. The van der Waals surface area contributed by atoms with Crippen LogP contribution in [0.15, 0.2) is 12.1 Å². The number of hydrogen-bond acceptors (Lipinski definition) is 3. The van der Waals surface area contributed by atoms with E-state index in [1.165, 1.54) is 0 Å². The molecule has 0 unspecified atom stereocenters. The number of benzene rings is 1. The highest BCUT2D eigenvalue weighted by atomic mass is 19.1. The fourth-order valence-electron chi connectivity index (χ4n) is 1.97. The predicted octanol–water partition coefficient (Wildman–Crippen LogP) is 1.03. The molecular formula is C12H15F2N3O. The van der Waals surface area contributed by atoms with Gasteiger partial charge in [0.15, 0.2) is 0 Å². The van der Waals surface area contributed by atoms with Crippen LogP contribution >= 0.6 is 0 Å². The molecule has 0 atom stereocenters. The third-order valence-electron chi connectivity index (χ3n) is 3.01. The Hall–Kier alpha value is -1.69. The van der Waals surface area contributed by atoms with Crippen LogP contribution in [0.2, 0.25) is 0 Å². The number of amides is 1. The van der Waals surface area contributed by atoms with Crippen LogP contribution in [0.4, 0.5) is 14.5 Å². The van der Waals surface area contributed by atoms with Crippen LogP contribution < -0.4 is 16.4 Å². The number of hydrogen-bond donors (Lipinski definition) is 3. The average Bonchev–Trinajstić information content (AvgIpc) is 2.35. The number of piperidine rings is 1. The molecule has 1 aromatic carbocycles. The fourth-order valence-corrected chi connectivity index (χ4v) is 1.97. The van der Waals surface area contributed by atoms with Crippen LogP contribution in [0.3, 0.4) is 0 Å². The molecule has 1 amide bonds. The topological polar surface area (TPSA) is 67.2 Å². The van der Waals surface area contributed by atoms with E-state index in [0.29, 0.717) is 0 Å². The van der Waals surface area contributed by atoms with Gasteiger partial charge >= 0.3 is 0 Å². The highest BCUT2D eigenvalue weighted by molar-refractivity contribution is 5.95. The zero-order valence-corrected chi connectivity index (χ0v) is 9.80. The number of nitrogen functional groups attached to an aromatic ring is 1. The molecule has 1 aliphatic heterocycles. The van der Waals surface area contributed by atoms with Crippen molar-refractivity contribution in [1.82, 2.24) is 10.6 Å². The van der Waals surface area contributed by atoms with Crippen LogP contribution in [0, 0.1) is 11.6 Å². The first-order chi connectivity index (χ1) is 8.58. The summed E-state index contributed by atoms with van der Waals surface area (Å²) in [4.78, 5) is 11.8. The lowest BCUT2D eigenvalue weighted by atomic mass is 10.1. The predicted molar refractivity (Wildman–Crippen MR) is 64.1 cm³/mol. The highest BCUT2D eigenvalue weighted by Crippen LogP contribution is 2.17. The maximum Gasteiger partial charge on any atom is 0.254 e. The smallest absolute Gasteiger partial charge is 0.254 e. The Balaban J connectivity index is 2.10. The van der Waals surface area contributed by atoms with Crippen molar-refractivity contribution >= 4 is 11.6 Å². The SMILES string of the molecule is Nc1cc(F)c(C(=O)NC2CCNCC2)cc1F. The van der Waals surface area contributed by atoms with Crippen LogP contribution in [-0.4, -0.2) is 25.0 Å². The molecule has 2 rings (SSSR count). The van der Waals surface area contributed by atoms with E-state index < -0.39 is 17.5 Å². The highest BCUT2D eigenvalue weighted by Gasteiger charge is 2.19. The van der Waals surface area contributed by atoms with E-state index in [-0.39, 0.29) is 17.3 Å². The molecule has 0 saturated carbocycles. The third kappa shape index (κ3) is 2.76. The van der Waals surface area contributed by atoms with Crippen molar-refractivity contribution in [2.75, 3.05) is 18.8 Å². The zero-order chi connectivity index (χ0) is 13.1. The Labute approximate surface area is 104 Å². The van der Waals surface area contributed by atoms with Gasteiger partial charge in [-0.15, -0.1) is 0 Å². The first-order valence-corrected chi connectivity index (χ1v) is 5.84. The van der Waals surface area contributed by atoms with Crippen molar-refractivity contribution in [3.05, 3.63) is 29.3 Å². The molecule has 98 valence electrons. The lowest BCUT2D eigenvalue weighted by Gasteiger charge is -2.23. The van der Waals surface area contributed by atoms with Gasteiger partial charge < -0.3 is 16.4 Å². The average molecular weight is 255 g/mol. The standard InChI is InChI=1S/C12H15F2N3O/c13-9-6-11(15)10(14)5-8(9)12(18)17-7-1-3-16-4-2-7/h5-7,16H,1-4,15H2,(H,17,18). The molecule has 4 N–H and O–H groups in total. The monoisotopic (exact) mass is 255 g/mol. The quantitative estimate of drug-likeness (QED) is 0.691.